The first kappa shape index (κ1) is 14.3. The Hall–Kier alpha value is -1.07. The first-order valence-corrected chi connectivity index (χ1v) is 7.23. The molecule has 19 heavy (non-hydrogen) atoms. The van der Waals surface area contributed by atoms with E-state index in [1.54, 1.807) is 11.0 Å². The van der Waals surface area contributed by atoms with Gasteiger partial charge in [-0.05, 0) is 38.3 Å². The maximum Gasteiger partial charge on any atom is 0.410 e. The molecule has 1 atom stereocenters. The Balaban J connectivity index is 2.28. The quantitative estimate of drug-likeness (QED) is 0.661. The van der Waals surface area contributed by atoms with Gasteiger partial charge < -0.3 is 9.72 Å². The number of ether oxygens (including phenoxy) is 1. The minimum Gasteiger partial charge on any atom is -0.450 e. The maximum atomic E-state index is 12.0. The first-order chi connectivity index (χ1) is 9.11. The predicted octanol–water partition coefficient (Wildman–Crippen LogP) is 4.08. The van der Waals surface area contributed by atoms with Gasteiger partial charge in [0.2, 0.25) is 0 Å². The van der Waals surface area contributed by atoms with Crippen molar-refractivity contribution in [2.45, 2.75) is 32.2 Å². The molecule has 0 spiro atoms. The van der Waals surface area contributed by atoms with Gasteiger partial charge in [0.1, 0.15) is 5.15 Å². The number of piperidine rings is 1. The number of amides is 1. The summed E-state index contributed by atoms with van der Waals surface area (Å²) in [5.41, 5.74) is 0.880. The first-order valence-electron chi connectivity index (χ1n) is 6.45. The number of carbonyl (C=O) groups excluding carboxylic acids is 1. The number of hydrogen-bond acceptors (Lipinski definition) is 3. The van der Waals surface area contributed by atoms with E-state index in [0.717, 1.165) is 25.0 Å². The van der Waals surface area contributed by atoms with Gasteiger partial charge >= 0.3 is 6.09 Å². The fourth-order valence-corrected chi connectivity index (χ4v) is 2.93. The minimum atomic E-state index is -0.272. The third-order valence-corrected chi connectivity index (χ3v) is 3.63. The average Bonchev–Trinajstić information content (AvgIpc) is 2.38. The van der Waals surface area contributed by atoms with E-state index in [1.807, 2.05) is 13.0 Å². The van der Waals surface area contributed by atoms with Crippen LogP contribution in [0.1, 0.15) is 37.9 Å². The van der Waals surface area contributed by atoms with Crippen LogP contribution in [0.15, 0.2) is 12.1 Å². The lowest BCUT2D eigenvalue weighted by Crippen LogP contribution is -2.39. The van der Waals surface area contributed by atoms with E-state index in [2.05, 4.69) is 4.98 Å². The van der Waals surface area contributed by atoms with Gasteiger partial charge in [-0.15, -0.1) is 0 Å². The Bertz CT molecular complexity index is 518. The van der Waals surface area contributed by atoms with Gasteiger partial charge in [-0.3, -0.25) is 4.90 Å². The molecule has 1 amide bonds. The number of aromatic nitrogens is 1. The number of pyridine rings is 1. The zero-order valence-electron chi connectivity index (χ0n) is 10.8. The predicted molar refractivity (Wildman–Crippen MR) is 77.0 cm³/mol. The second-order valence-electron chi connectivity index (χ2n) is 4.52. The van der Waals surface area contributed by atoms with Crippen LogP contribution in [0.25, 0.3) is 0 Å². The average molecular weight is 301 g/mol. The third-order valence-electron chi connectivity index (χ3n) is 3.19. The standard InChI is InChI=1S/C13H17ClN2O2S/c1-2-18-13(17)16-6-4-3-5-11(16)10-7-9(19)8-12(14)15-10/h7-8,11H,2-6H2,1H3,(H,15,19). The van der Waals surface area contributed by atoms with Crippen molar-refractivity contribution >= 4 is 29.9 Å². The van der Waals surface area contributed by atoms with Crippen LogP contribution in [-0.2, 0) is 4.74 Å². The van der Waals surface area contributed by atoms with Crippen LogP contribution in [0.4, 0.5) is 4.79 Å². The summed E-state index contributed by atoms with van der Waals surface area (Å²) in [5, 5.41) is 0.497. The van der Waals surface area contributed by atoms with Crippen LogP contribution >= 0.6 is 23.8 Å². The van der Waals surface area contributed by atoms with Gasteiger partial charge in [0.15, 0.2) is 0 Å². The van der Waals surface area contributed by atoms with Crippen LogP contribution in [-0.4, -0.2) is 29.1 Å². The lowest BCUT2D eigenvalue weighted by atomic mass is 9.99. The van der Waals surface area contributed by atoms with Gasteiger partial charge in [-0.1, -0.05) is 23.8 Å². The molecule has 1 aliphatic rings. The molecule has 2 rings (SSSR count). The van der Waals surface area contributed by atoms with Crippen molar-refractivity contribution in [2.24, 2.45) is 0 Å². The van der Waals surface area contributed by atoms with Crippen LogP contribution < -0.4 is 0 Å². The van der Waals surface area contributed by atoms with E-state index in [-0.39, 0.29) is 12.1 Å². The van der Waals surface area contributed by atoms with Crippen LogP contribution in [0.5, 0.6) is 0 Å². The second-order valence-corrected chi connectivity index (χ2v) is 5.40. The van der Waals surface area contributed by atoms with Gasteiger partial charge in [0.05, 0.1) is 12.6 Å². The molecular formula is C13H17ClN2O2S. The fraction of sp³-hybridized carbons (Fsp3) is 0.538. The topological polar surface area (TPSA) is 45.3 Å². The third kappa shape index (κ3) is 3.48. The molecule has 104 valence electrons. The van der Waals surface area contributed by atoms with Gasteiger partial charge in [-0.25, -0.2) is 4.79 Å². The zero-order chi connectivity index (χ0) is 13.8. The number of aromatic amines is 1. The van der Waals surface area contributed by atoms with Crippen molar-refractivity contribution in [3.05, 3.63) is 27.5 Å². The second kappa shape index (κ2) is 6.39. The molecule has 1 saturated heterocycles. The van der Waals surface area contributed by atoms with Gasteiger partial charge in [-0.2, -0.15) is 0 Å². The highest BCUT2D eigenvalue weighted by atomic mass is 35.5. The van der Waals surface area contributed by atoms with Crippen molar-refractivity contribution in [1.82, 2.24) is 9.88 Å². The Kier molecular flexibility index (Phi) is 4.82. The highest BCUT2D eigenvalue weighted by Crippen LogP contribution is 2.31. The summed E-state index contributed by atoms with van der Waals surface area (Å²) >= 11 is 11.2. The molecule has 1 fully saturated rings. The Labute approximate surface area is 122 Å². The van der Waals surface area contributed by atoms with E-state index in [4.69, 9.17) is 28.6 Å². The molecule has 1 aromatic rings. The van der Waals surface area contributed by atoms with Crippen molar-refractivity contribution in [3.63, 3.8) is 0 Å². The zero-order valence-corrected chi connectivity index (χ0v) is 12.4. The summed E-state index contributed by atoms with van der Waals surface area (Å²) in [6, 6.07) is 3.52. The number of hydrogen-bond donors (Lipinski definition) is 1. The number of nitrogens with one attached hydrogen (secondary N) is 1. The Morgan fingerprint density at radius 2 is 2.37 bits per heavy atom. The van der Waals surface area contributed by atoms with Crippen molar-refractivity contribution in [1.29, 1.82) is 0 Å². The Morgan fingerprint density at radius 1 is 1.58 bits per heavy atom. The summed E-state index contributed by atoms with van der Waals surface area (Å²) in [6.45, 7) is 2.90. The van der Waals surface area contributed by atoms with Gasteiger partial charge in [0.25, 0.3) is 0 Å². The van der Waals surface area contributed by atoms with Crippen LogP contribution in [0, 0.1) is 4.51 Å². The molecule has 0 saturated carbocycles. The van der Waals surface area contributed by atoms with Crippen molar-refractivity contribution < 1.29 is 9.53 Å². The fourth-order valence-electron chi connectivity index (χ4n) is 2.39. The largest absolute Gasteiger partial charge is 0.450 e. The van der Waals surface area contributed by atoms with Crippen molar-refractivity contribution in [3.8, 4) is 0 Å². The monoisotopic (exact) mass is 300 g/mol. The molecule has 6 heteroatoms. The summed E-state index contributed by atoms with van der Waals surface area (Å²) < 4.78 is 5.78. The molecule has 1 aliphatic heterocycles. The van der Waals surface area contributed by atoms with E-state index in [0.29, 0.717) is 22.8 Å². The van der Waals surface area contributed by atoms with Gasteiger partial charge in [0, 0.05) is 16.7 Å². The molecular weight excluding hydrogens is 284 g/mol. The lowest BCUT2D eigenvalue weighted by Gasteiger charge is -2.34. The van der Waals surface area contributed by atoms with E-state index < -0.39 is 0 Å². The number of halogens is 1. The minimum absolute atomic E-state index is 0.0341. The summed E-state index contributed by atoms with van der Waals surface area (Å²) in [7, 11) is 0. The molecule has 0 aromatic carbocycles. The summed E-state index contributed by atoms with van der Waals surface area (Å²) in [6.07, 6.45) is 2.70. The normalized spacial score (nSPS) is 19.3. The molecule has 0 radical (unpaired) electrons. The summed E-state index contributed by atoms with van der Waals surface area (Å²) in [5.74, 6) is 0. The molecule has 2 heterocycles. The molecule has 4 nitrogen and oxygen atoms in total. The number of carbonyl (C=O) groups is 1. The van der Waals surface area contributed by atoms with Crippen LogP contribution in [0.3, 0.4) is 0 Å². The highest BCUT2D eigenvalue weighted by molar-refractivity contribution is 7.71. The number of likely N-dealkylation sites (tertiary alicyclic amines) is 1. The van der Waals surface area contributed by atoms with Crippen molar-refractivity contribution in [2.75, 3.05) is 13.2 Å². The molecule has 0 bridgehead atoms. The maximum absolute atomic E-state index is 12.0. The highest BCUT2D eigenvalue weighted by Gasteiger charge is 2.29. The number of rotatable bonds is 2. The smallest absolute Gasteiger partial charge is 0.410 e. The Morgan fingerprint density at radius 3 is 3.05 bits per heavy atom. The number of nitrogens with zero attached hydrogens (tertiary/aromatic N) is 1. The summed E-state index contributed by atoms with van der Waals surface area (Å²) in [4.78, 5) is 16.8. The molecule has 1 unspecified atom stereocenters. The van der Waals surface area contributed by atoms with E-state index in [1.165, 1.54) is 0 Å². The molecule has 0 aliphatic carbocycles. The SMILES string of the molecule is CCOC(=O)N1CCCCC1c1cc(=S)cc(Cl)[nH]1. The van der Waals surface area contributed by atoms with E-state index >= 15 is 0 Å². The number of H-pyrrole nitrogens is 1. The van der Waals surface area contributed by atoms with E-state index in [9.17, 15) is 4.79 Å². The van der Waals surface area contributed by atoms with Crippen LogP contribution in [0.2, 0.25) is 5.15 Å². The molecule has 1 aromatic heterocycles. The lowest BCUT2D eigenvalue weighted by molar-refractivity contribution is 0.0756. The molecule has 1 N–H and O–H groups in total.